The molecule has 1 heterocycles. The molecule has 1 aromatic heterocycles. The van der Waals surface area contributed by atoms with Gasteiger partial charge >= 0.3 is 0 Å². The van der Waals surface area contributed by atoms with E-state index in [1.54, 1.807) is 0 Å². The van der Waals surface area contributed by atoms with Gasteiger partial charge in [-0.05, 0) is 18.6 Å². The fourth-order valence-corrected chi connectivity index (χ4v) is 0.854. The lowest BCUT2D eigenvalue weighted by atomic mass is 10.2. The Bertz CT molecular complexity index is 312. The minimum absolute atomic E-state index is 0.306. The Morgan fingerprint density at radius 1 is 1.71 bits per heavy atom. The molecule has 4 nitrogen and oxygen atoms in total. The lowest BCUT2D eigenvalue weighted by Crippen LogP contribution is -2.35. The second kappa shape index (κ2) is 4.66. The van der Waals surface area contributed by atoms with E-state index < -0.39 is 11.9 Å². The number of rotatable bonds is 3. The van der Waals surface area contributed by atoms with Crippen LogP contribution in [0.4, 0.5) is 10.2 Å². The van der Waals surface area contributed by atoms with Crippen LogP contribution in [0, 0.1) is 5.82 Å². The zero-order valence-electron chi connectivity index (χ0n) is 7.83. The summed E-state index contributed by atoms with van der Waals surface area (Å²) in [6, 6.07) is 2.05. The van der Waals surface area contributed by atoms with Crippen LogP contribution in [0.3, 0.4) is 0 Å². The highest BCUT2D eigenvalue weighted by atomic mass is 19.1. The molecule has 76 valence electrons. The molecule has 0 saturated carbocycles. The van der Waals surface area contributed by atoms with Gasteiger partial charge in [0.15, 0.2) is 0 Å². The number of aromatic nitrogens is 1. The molecule has 0 bridgehead atoms. The van der Waals surface area contributed by atoms with Gasteiger partial charge in [-0.3, -0.25) is 4.79 Å². The highest BCUT2D eigenvalue weighted by Crippen LogP contribution is 2.04. The van der Waals surface area contributed by atoms with Crippen molar-refractivity contribution >= 4 is 11.7 Å². The number of carbonyl (C=O) groups excluding carboxylic acids is 1. The predicted octanol–water partition coefficient (Wildman–Crippen LogP) is 0.896. The van der Waals surface area contributed by atoms with Crippen LogP contribution >= 0.6 is 0 Å². The first-order chi connectivity index (χ1) is 6.63. The maximum atomic E-state index is 12.4. The van der Waals surface area contributed by atoms with Crippen molar-refractivity contribution in [2.45, 2.75) is 19.4 Å². The second-order valence-electron chi connectivity index (χ2n) is 2.87. The number of halogens is 1. The summed E-state index contributed by atoms with van der Waals surface area (Å²) in [5, 5.41) is 2.48. The summed E-state index contributed by atoms with van der Waals surface area (Å²) in [7, 11) is 0. The van der Waals surface area contributed by atoms with E-state index in [2.05, 4.69) is 10.3 Å². The van der Waals surface area contributed by atoms with E-state index in [9.17, 15) is 9.18 Å². The van der Waals surface area contributed by atoms with Gasteiger partial charge in [0.25, 0.3) is 0 Å². The van der Waals surface area contributed by atoms with Crippen molar-refractivity contribution in [3.05, 3.63) is 24.1 Å². The Morgan fingerprint density at radius 2 is 2.43 bits per heavy atom. The lowest BCUT2D eigenvalue weighted by molar-refractivity contribution is -0.117. The molecule has 0 aliphatic heterocycles. The van der Waals surface area contributed by atoms with Gasteiger partial charge in [0.2, 0.25) is 5.91 Å². The molecule has 0 spiro atoms. The van der Waals surface area contributed by atoms with Gasteiger partial charge in [-0.25, -0.2) is 9.37 Å². The molecule has 1 rings (SSSR count). The molecule has 0 aromatic carbocycles. The van der Waals surface area contributed by atoms with Gasteiger partial charge in [-0.15, -0.1) is 0 Å². The summed E-state index contributed by atoms with van der Waals surface area (Å²) in [6.07, 6.45) is 1.58. The van der Waals surface area contributed by atoms with Crippen LogP contribution < -0.4 is 11.1 Å². The topological polar surface area (TPSA) is 68.0 Å². The number of amides is 1. The maximum Gasteiger partial charge on any atom is 0.242 e. The van der Waals surface area contributed by atoms with E-state index in [0.717, 1.165) is 6.20 Å². The van der Waals surface area contributed by atoms with Crippen molar-refractivity contribution in [2.24, 2.45) is 5.73 Å². The Balaban J connectivity index is 2.60. The first-order valence-corrected chi connectivity index (χ1v) is 4.31. The number of carbonyl (C=O) groups is 1. The van der Waals surface area contributed by atoms with Crippen molar-refractivity contribution < 1.29 is 9.18 Å². The van der Waals surface area contributed by atoms with E-state index in [1.807, 2.05) is 6.92 Å². The van der Waals surface area contributed by atoms with Gasteiger partial charge in [0.1, 0.15) is 11.6 Å². The number of nitrogens with one attached hydrogen (secondary N) is 1. The maximum absolute atomic E-state index is 12.4. The summed E-state index contributed by atoms with van der Waals surface area (Å²) in [5.41, 5.74) is 5.48. The third-order valence-corrected chi connectivity index (χ3v) is 1.76. The number of pyridine rings is 1. The summed E-state index contributed by atoms with van der Waals surface area (Å²) in [4.78, 5) is 14.9. The highest BCUT2D eigenvalue weighted by Gasteiger charge is 2.10. The molecule has 5 heteroatoms. The van der Waals surface area contributed by atoms with Crippen LogP contribution in [-0.2, 0) is 4.79 Å². The summed E-state index contributed by atoms with van der Waals surface area (Å²) in [5.74, 6) is -0.449. The minimum atomic E-state index is -0.554. The number of anilines is 1. The zero-order chi connectivity index (χ0) is 10.6. The van der Waals surface area contributed by atoms with E-state index in [0.29, 0.717) is 12.2 Å². The van der Waals surface area contributed by atoms with Crippen molar-refractivity contribution in [1.29, 1.82) is 0 Å². The summed E-state index contributed by atoms with van der Waals surface area (Å²) >= 11 is 0. The van der Waals surface area contributed by atoms with Crippen LogP contribution in [0.2, 0.25) is 0 Å². The molecule has 0 saturated heterocycles. The van der Waals surface area contributed by atoms with Gasteiger partial charge in [0.05, 0.1) is 12.2 Å². The van der Waals surface area contributed by atoms with E-state index in [1.165, 1.54) is 12.1 Å². The third-order valence-electron chi connectivity index (χ3n) is 1.76. The molecular weight excluding hydrogens is 185 g/mol. The number of hydrogen-bond donors (Lipinski definition) is 2. The Kier molecular flexibility index (Phi) is 3.53. The van der Waals surface area contributed by atoms with Crippen LogP contribution in [0.25, 0.3) is 0 Å². The molecule has 0 radical (unpaired) electrons. The number of hydrogen-bond acceptors (Lipinski definition) is 3. The van der Waals surface area contributed by atoms with Crippen LogP contribution in [-0.4, -0.2) is 16.9 Å². The van der Waals surface area contributed by atoms with Crippen molar-refractivity contribution in [2.75, 3.05) is 5.32 Å². The van der Waals surface area contributed by atoms with Gasteiger partial charge in [0, 0.05) is 0 Å². The first-order valence-electron chi connectivity index (χ1n) is 4.31. The molecule has 0 aliphatic rings. The van der Waals surface area contributed by atoms with E-state index in [-0.39, 0.29) is 5.91 Å². The Hall–Kier alpha value is -1.49. The van der Waals surface area contributed by atoms with E-state index in [4.69, 9.17) is 5.73 Å². The largest absolute Gasteiger partial charge is 0.320 e. The molecule has 1 aromatic rings. The smallest absolute Gasteiger partial charge is 0.242 e. The van der Waals surface area contributed by atoms with Gasteiger partial charge in [-0.2, -0.15) is 0 Å². The molecular formula is C9H12FN3O. The van der Waals surface area contributed by atoms with Crippen molar-refractivity contribution in [1.82, 2.24) is 4.98 Å². The molecule has 1 atom stereocenters. The molecule has 1 unspecified atom stereocenters. The molecule has 1 amide bonds. The number of nitrogens with zero attached hydrogens (tertiary/aromatic N) is 1. The third kappa shape index (κ3) is 2.77. The molecule has 0 aliphatic carbocycles. The minimum Gasteiger partial charge on any atom is -0.320 e. The van der Waals surface area contributed by atoms with E-state index >= 15 is 0 Å². The van der Waals surface area contributed by atoms with Gasteiger partial charge in [-0.1, -0.05) is 6.92 Å². The Labute approximate surface area is 81.3 Å². The van der Waals surface area contributed by atoms with Crippen LogP contribution in [0.15, 0.2) is 18.3 Å². The van der Waals surface area contributed by atoms with Crippen molar-refractivity contribution in [3.63, 3.8) is 0 Å². The average Bonchev–Trinajstić information content (AvgIpc) is 2.20. The van der Waals surface area contributed by atoms with Gasteiger partial charge < -0.3 is 11.1 Å². The van der Waals surface area contributed by atoms with Crippen LogP contribution in [0.1, 0.15) is 13.3 Å². The average molecular weight is 197 g/mol. The predicted molar refractivity (Wildman–Crippen MR) is 51.1 cm³/mol. The normalized spacial score (nSPS) is 12.2. The summed E-state index contributed by atoms with van der Waals surface area (Å²) in [6.45, 7) is 1.81. The standard InChI is InChI=1S/C9H12FN3O/c1-2-7(11)9(14)13-8-4-3-6(10)5-12-8/h3-5,7H,2,11H2,1H3,(H,12,13,14). The summed E-state index contributed by atoms with van der Waals surface area (Å²) < 4.78 is 12.4. The Morgan fingerprint density at radius 3 is 2.93 bits per heavy atom. The quantitative estimate of drug-likeness (QED) is 0.756. The zero-order valence-corrected chi connectivity index (χ0v) is 7.83. The number of nitrogens with two attached hydrogens (primary N) is 1. The molecule has 3 N–H and O–H groups in total. The highest BCUT2D eigenvalue weighted by molar-refractivity contribution is 5.93. The van der Waals surface area contributed by atoms with Crippen LogP contribution in [0.5, 0.6) is 0 Å². The first kappa shape index (κ1) is 10.6. The van der Waals surface area contributed by atoms with Crippen molar-refractivity contribution in [3.8, 4) is 0 Å². The lowest BCUT2D eigenvalue weighted by Gasteiger charge is -2.08. The monoisotopic (exact) mass is 197 g/mol. The molecule has 14 heavy (non-hydrogen) atoms. The second-order valence-corrected chi connectivity index (χ2v) is 2.87. The SMILES string of the molecule is CCC(N)C(=O)Nc1ccc(F)cn1. The fraction of sp³-hybridized carbons (Fsp3) is 0.333. The fourth-order valence-electron chi connectivity index (χ4n) is 0.854. The molecule has 0 fully saturated rings.